The number of hydrogen-bond donors (Lipinski definition) is 1. The summed E-state index contributed by atoms with van der Waals surface area (Å²) in [6, 6.07) is 4.21. The number of nitrogen functional groups attached to an aromatic ring is 1. The summed E-state index contributed by atoms with van der Waals surface area (Å²) in [5, 5.41) is 3.30. The summed E-state index contributed by atoms with van der Waals surface area (Å²) < 4.78 is 13.1. The molecule has 0 unspecified atom stereocenters. The molecule has 0 aliphatic heterocycles. The van der Waals surface area contributed by atoms with Crippen LogP contribution in [0.3, 0.4) is 0 Å². The predicted molar refractivity (Wildman–Crippen MR) is 56.3 cm³/mol. The highest BCUT2D eigenvalue weighted by Gasteiger charge is 1.97. The summed E-state index contributed by atoms with van der Waals surface area (Å²) in [6.07, 6.45) is 0.401. The van der Waals surface area contributed by atoms with Gasteiger partial charge in [0.15, 0.2) is 0 Å². The molecule has 0 heterocycles. The van der Waals surface area contributed by atoms with Crippen molar-refractivity contribution in [3.8, 4) is 11.8 Å². The number of rotatable bonds is 2. The van der Waals surface area contributed by atoms with Gasteiger partial charge in [0.25, 0.3) is 0 Å². The molecular formula is C10H9FN4. The van der Waals surface area contributed by atoms with Crippen molar-refractivity contribution >= 4 is 5.69 Å². The summed E-state index contributed by atoms with van der Waals surface area (Å²) in [5.74, 6) is 4.92. The second kappa shape index (κ2) is 5.53. The summed E-state index contributed by atoms with van der Waals surface area (Å²) in [5.41, 5.74) is 14.2. The lowest BCUT2D eigenvalue weighted by molar-refractivity contribution is 0.624. The van der Waals surface area contributed by atoms with E-state index in [0.717, 1.165) is 0 Å². The van der Waals surface area contributed by atoms with E-state index < -0.39 is 5.82 Å². The predicted octanol–water partition coefficient (Wildman–Crippen LogP) is 2.46. The maximum absolute atomic E-state index is 13.1. The van der Waals surface area contributed by atoms with E-state index in [0.29, 0.717) is 12.1 Å². The number of anilines is 1. The highest BCUT2D eigenvalue weighted by Crippen LogP contribution is 2.10. The van der Waals surface area contributed by atoms with Crippen molar-refractivity contribution in [3.05, 3.63) is 40.0 Å². The van der Waals surface area contributed by atoms with Gasteiger partial charge in [-0.05, 0) is 23.7 Å². The van der Waals surface area contributed by atoms with Crippen LogP contribution in [-0.2, 0) is 0 Å². The Bertz CT molecular complexity index is 452. The molecule has 0 aliphatic rings. The molecule has 0 fully saturated rings. The summed E-state index contributed by atoms with van der Waals surface area (Å²) >= 11 is 0. The van der Waals surface area contributed by atoms with Crippen LogP contribution in [-0.4, -0.2) is 6.54 Å². The van der Waals surface area contributed by atoms with E-state index >= 15 is 0 Å². The molecule has 5 heteroatoms. The quantitative estimate of drug-likeness (QED) is 0.197. The lowest BCUT2D eigenvalue weighted by Gasteiger charge is -1.95. The number of azide groups is 1. The Morgan fingerprint density at radius 3 is 3.07 bits per heavy atom. The highest BCUT2D eigenvalue weighted by molar-refractivity contribution is 5.47. The van der Waals surface area contributed by atoms with Crippen LogP contribution >= 0.6 is 0 Å². The van der Waals surface area contributed by atoms with E-state index in [1.165, 1.54) is 18.2 Å². The van der Waals surface area contributed by atoms with Crippen LogP contribution in [0.4, 0.5) is 10.1 Å². The van der Waals surface area contributed by atoms with Gasteiger partial charge in [-0.2, -0.15) is 0 Å². The molecule has 0 atom stereocenters. The fourth-order valence-corrected chi connectivity index (χ4v) is 0.947. The molecule has 4 nitrogen and oxygen atoms in total. The number of benzene rings is 1. The van der Waals surface area contributed by atoms with Crippen molar-refractivity contribution in [3.63, 3.8) is 0 Å². The summed E-state index contributed by atoms with van der Waals surface area (Å²) in [4.78, 5) is 2.58. The van der Waals surface area contributed by atoms with E-state index in [4.69, 9.17) is 11.3 Å². The van der Waals surface area contributed by atoms with Crippen LogP contribution in [0.2, 0.25) is 0 Å². The lowest BCUT2D eigenvalue weighted by atomic mass is 10.2. The molecule has 0 saturated heterocycles. The van der Waals surface area contributed by atoms with Crippen LogP contribution in [0.15, 0.2) is 23.3 Å². The molecule has 0 saturated carbocycles. The Hall–Kier alpha value is -2.18. The largest absolute Gasteiger partial charge is 0.399 e. The zero-order valence-corrected chi connectivity index (χ0v) is 7.94. The van der Waals surface area contributed by atoms with Crippen molar-refractivity contribution in [1.29, 1.82) is 0 Å². The molecular weight excluding hydrogens is 195 g/mol. The van der Waals surface area contributed by atoms with Crippen LogP contribution in [0, 0.1) is 17.7 Å². The third-order valence-electron chi connectivity index (χ3n) is 1.61. The molecule has 76 valence electrons. The molecule has 0 bridgehead atoms. The molecule has 1 rings (SSSR count). The van der Waals surface area contributed by atoms with Gasteiger partial charge in [0.05, 0.1) is 5.56 Å². The Morgan fingerprint density at radius 2 is 2.33 bits per heavy atom. The van der Waals surface area contributed by atoms with Gasteiger partial charge in [0.2, 0.25) is 0 Å². The van der Waals surface area contributed by atoms with Gasteiger partial charge in [-0.15, -0.1) is 0 Å². The first-order chi connectivity index (χ1) is 7.24. The minimum Gasteiger partial charge on any atom is -0.399 e. The van der Waals surface area contributed by atoms with Crippen molar-refractivity contribution in [1.82, 2.24) is 0 Å². The lowest BCUT2D eigenvalue weighted by Crippen LogP contribution is -1.89. The molecule has 1 aromatic carbocycles. The number of nitrogens with two attached hydrogens (primary N) is 1. The molecule has 0 spiro atoms. The van der Waals surface area contributed by atoms with E-state index in [2.05, 4.69) is 21.9 Å². The van der Waals surface area contributed by atoms with Gasteiger partial charge in [-0.25, -0.2) is 4.39 Å². The Kier molecular flexibility index (Phi) is 4.02. The van der Waals surface area contributed by atoms with Gasteiger partial charge in [-0.1, -0.05) is 17.0 Å². The maximum Gasteiger partial charge on any atom is 0.138 e. The Morgan fingerprint density at radius 1 is 1.53 bits per heavy atom. The van der Waals surface area contributed by atoms with Crippen LogP contribution in [0.5, 0.6) is 0 Å². The van der Waals surface area contributed by atoms with Gasteiger partial charge in [0, 0.05) is 23.6 Å². The molecule has 0 aromatic heterocycles. The van der Waals surface area contributed by atoms with E-state index in [1.807, 2.05) is 0 Å². The number of halogens is 1. The SMILES string of the molecule is [N-]=[N+]=NCCC#Cc1cc(N)ccc1F. The normalized spacial score (nSPS) is 8.60. The van der Waals surface area contributed by atoms with Crippen molar-refractivity contribution in [2.24, 2.45) is 5.11 Å². The van der Waals surface area contributed by atoms with Crippen LogP contribution in [0.1, 0.15) is 12.0 Å². The first-order valence-corrected chi connectivity index (χ1v) is 4.29. The number of nitrogens with zero attached hydrogens (tertiary/aromatic N) is 3. The molecule has 0 amide bonds. The zero-order valence-electron chi connectivity index (χ0n) is 7.94. The maximum atomic E-state index is 13.1. The number of hydrogen-bond acceptors (Lipinski definition) is 2. The zero-order chi connectivity index (χ0) is 11.1. The van der Waals surface area contributed by atoms with E-state index in [9.17, 15) is 4.39 Å². The second-order valence-electron chi connectivity index (χ2n) is 2.75. The average molecular weight is 204 g/mol. The third kappa shape index (κ3) is 3.59. The van der Waals surface area contributed by atoms with Crippen LogP contribution in [0.25, 0.3) is 10.4 Å². The average Bonchev–Trinajstić information content (AvgIpc) is 2.23. The molecule has 1 aromatic rings. The molecule has 0 aliphatic carbocycles. The smallest absolute Gasteiger partial charge is 0.138 e. The fourth-order valence-electron chi connectivity index (χ4n) is 0.947. The monoisotopic (exact) mass is 204 g/mol. The van der Waals surface area contributed by atoms with Crippen LogP contribution < -0.4 is 5.73 Å². The molecule has 2 N–H and O–H groups in total. The minimum atomic E-state index is -0.402. The Labute approximate surface area is 86.5 Å². The van der Waals surface area contributed by atoms with Crippen molar-refractivity contribution < 1.29 is 4.39 Å². The third-order valence-corrected chi connectivity index (χ3v) is 1.61. The molecule has 15 heavy (non-hydrogen) atoms. The van der Waals surface area contributed by atoms with E-state index in [-0.39, 0.29) is 12.1 Å². The summed E-state index contributed by atoms with van der Waals surface area (Å²) in [7, 11) is 0. The van der Waals surface area contributed by atoms with Gasteiger partial charge in [-0.3, -0.25) is 0 Å². The molecule has 0 radical (unpaired) electrons. The summed E-state index contributed by atoms with van der Waals surface area (Å²) in [6.45, 7) is 0.285. The highest BCUT2D eigenvalue weighted by atomic mass is 19.1. The fraction of sp³-hybridized carbons (Fsp3) is 0.200. The standard InChI is InChI=1S/C10H9FN4/c11-10-5-4-9(12)7-8(10)3-1-2-6-14-15-13/h4-5,7H,2,6,12H2. The first-order valence-electron chi connectivity index (χ1n) is 4.29. The van der Waals surface area contributed by atoms with Gasteiger partial charge >= 0.3 is 0 Å². The van der Waals surface area contributed by atoms with Crippen molar-refractivity contribution in [2.45, 2.75) is 6.42 Å². The topological polar surface area (TPSA) is 74.8 Å². The van der Waals surface area contributed by atoms with Crippen molar-refractivity contribution in [2.75, 3.05) is 12.3 Å². The second-order valence-corrected chi connectivity index (χ2v) is 2.75. The first kappa shape index (κ1) is 10.9. The van der Waals surface area contributed by atoms with Gasteiger partial charge in [0.1, 0.15) is 5.82 Å². The minimum absolute atomic E-state index is 0.260. The Balaban J connectivity index is 2.70. The van der Waals surface area contributed by atoms with E-state index in [1.54, 1.807) is 0 Å². The van der Waals surface area contributed by atoms with Gasteiger partial charge < -0.3 is 5.73 Å².